The fourth-order valence-corrected chi connectivity index (χ4v) is 2.59. The Bertz CT molecular complexity index is 449. The smallest absolute Gasteiger partial charge is 0.372 e. The highest BCUT2D eigenvalue weighted by Crippen LogP contribution is 2.28. The molecular formula is C15H19BrF3NO. The Balaban J connectivity index is 1.87. The summed E-state index contributed by atoms with van der Waals surface area (Å²) in [6, 6.07) is 8.20. The monoisotopic (exact) mass is 365 g/mol. The van der Waals surface area contributed by atoms with E-state index in [1.165, 1.54) is 0 Å². The number of ether oxygens (including phenoxy) is 1. The van der Waals surface area contributed by atoms with E-state index in [-0.39, 0.29) is 19.1 Å². The molecule has 1 aromatic rings. The van der Waals surface area contributed by atoms with Crippen molar-refractivity contribution < 1.29 is 17.9 Å². The predicted molar refractivity (Wildman–Crippen MR) is 79.1 cm³/mol. The standard InChI is InChI=1S/C15H19BrF3NO/c16-13-5-2-1-4-12(13)14(10-20-11-6-7-11)21-9-3-8-15(17,18)19/h1-2,4-5,11,14,20H,3,6-10H2. The number of benzene rings is 1. The number of halogens is 4. The van der Waals surface area contributed by atoms with Crippen molar-refractivity contribution in [3.8, 4) is 0 Å². The fourth-order valence-electron chi connectivity index (χ4n) is 2.05. The molecule has 2 rings (SSSR count). The van der Waals surface area contributed by atoms with Gasteiger partial charge in [-0.05, 0) is 30.9 Å². The van der Waals surface area contributed by atoms with Crippen LogP contribution in [-0.4, -0.2) is 25.4 Å². The van der Waals surface area contributed by atoms with E-state index in [2.05, 4.69) is 21.2 Å². The molecular weight excluding hydrogens is 347 g/mol. The second-order valence-electron chi connectivity index (χ2n) is 5.28. The summed E-state index contributed by atoms with van der Waals surface area (Å²) in [6.07, 6.45) is -2.82. The van der Waals surface area contributed by atoms with E-state index < -0.39 is 12.6 Å². The summed E-state index contributed by atoms with van der Waals surface area (Å²) in [5.74, 6) is 0. The van der Waals surface area contributed by atoms with Crippen LogP contribution in [0.2, 0.25) is 0 Å². The van der Waals surface area contributed by atoms with Crippen LogP contribution in [0, 0.1) is 0 Å². The van der Waals surface area contributed by atoms with Gasteiger partial charge in [-0.2, -0.15) is 13.2 Å². The van der Waals surface area contributed by atoms with Crippen molar-refractivity contribution >= 4 is 15.9 Å². The van der Waals surface area contributed by atoms with E-state index in [0.717, 1.165) is 22.9 Å². The third-order valence-corrected chi connectivity index (χ3v) is 4.07. The molecule has 0 aromatic heterocycles. The SMILES string of the molecule is FC(F)(F)CCCOC(CNC1CC1)c1ccccc1Br. The molecule has 1 unspecified atom stereocenters. The van der Waals surface area contributed by atoms with Crippen LogP contribution in [0.4, 0.5) is 13.2 Å². The van der Waals surface area contributed by atoms with Gasteiger partial charge in [0.25, 0.3) is 0 Å². The summed E-state index contributed by atoms with van der Waals surface area (Å²) in [5.41, 5.74) is 0.970. The number of alkyl halides is 3. The Hall–Kier alpha value is -0.590. The summed E-state index contributed by atoms with van der Waals surface area (Å²) in [7, 11) is 0. The summed E-state index contributed by atoms with van der Waals surface area (Å²) in [5, 5.41) is 3.37. The summed E-state index contributed by atoms with van der Waals surface area (Å²) in [4.78, 5) is 0. The molecule has 21 heavy (non-hydrogen) atoms. The van der Waals surface area contributed by atoms with Crippen molar-refractivity contribution in [2.75, 3.05) is 13.2 Å². The highest BCUT2D eigenvalue weighted by Gasteiger charge is 2.27. The first-order valence-electron chi connectivity index (χ1n) is 7.12. The molecule has 1 fully saturated rings. The maximum absolute atomic E-state index is 12.2. The van der Waals surface area contributed by atoms with Gasteiger partial charge in [0.2, 0.25) is 0 Å². The van der Waals surface area contributed by atoms with Crippen molar-refractivity contribution in [1.29, 1.82) is 0 Å². The third-order valence-electron chi connectivity index (χ3n) is 3.34. The zero-order valence-corrected chi connectivity index (χ0v) is 13.2. The first kappa shape index (κ1) is 16.8. The maximum atomic E-state index is 12.2. The van der Waals surface area contributed by atoms with Crippen LogP contribution in [0.1, 0.15) is 37.4 Å². The lowest BCUT2D eigenvalue weighted by Crippen LogP contribution is -2.26. The number of hydrogen-bond donors (Lipinski definition) is 1. The largest absolute Gasteiger partial charge is 0.389 e. The van der Waals surface area contributed by atoms with Gasteiger partial charge < -0.3 is 10.1 Å². The molecule has 6 heteroatoms. The second kappa shape index (κ2) is 7.61. The van der Waals surface area contributed by atoms with Crippen molar-refractivity contribution in [1.82, 2.24) is 5.32 Å². The summed E-state index contributed by atoms with van der Waals surface area (Å²) in [6.45, 7) is 0.733. The Morgan fingerprint density at radius 3 is 2.62 bits per heavy atom. The van der Waals surface area contributed by atoms with E-state index in [9.17, 15) is 13.2 Å². The molecule has 1 aliphatic rings. The number of nitrogens with one attached hydrogen (secondary N) is 1. The van der Waals surface area contributed by atoms with Crippen LogP contribution in [0.5, 0.6) is 0 Å². The van der Waals surface area contributed by atoms with Crippen molar-refractivity contribution in [2.45, 2.75) is 44.0 Å². The Morgan fingerprint density at radius 1 is 1.29 bits per heavy atom. The topological polar surface area (TPSA) is 21.3 Å². The molecule has 0 bridgehead atoms. The lowest BCUT2D eigenvalue weighted by Gasteiger charge is -2.20. The van der Waals surface area contributed by atoms with E-state index in [1.807, 2.05) is 24.3 Å². The van der Waals surface area contributed by atoms with E-state index in [4.69, 9.17) is 4.74 Å². The maximum Gasteiger partial charge on any atom is 0.389 e. The molecule has 0 saturated heterocycles. The highest BCUT2D eigenvalue weighted by molar-refractivity contribution is 9.10. The van der Waals surface area contributed by atoms with Crippen molar-refractivity contribution in [3.63, 3.8) is 0 Å². The third kappa shape index (κ3) is 6.36. The van der Waals surface area contributed by atoms with E-state index in [0.29, 0.717) is 12.6 Å². The molecule has 0 aliphatic heterocycles. The molecule has 0 amide bonds. The average Bonchev–Trinajstić information content (AvgIpc) is 3.22. The fraction of sp³-hybridized carbons (Fsp3) is 0.600. The van der Waals surface area contributed by atoms with E-state index in [1.54, 1.807) is 0 Å². The first-order valence-corrected chi connectivity index (χ1v) is 7.91. The van der Waals surface area contributed by atoms with Crippen LogP contribution >= 0.6 is 15.9 Å². The minimum absolute atomic E-state index is 0.00607. The van der Waals surface area contributed by atoms with Crippen LogP contribution in [0.15, 0.2) is 28.7 Å². The van der Waals surface area contributed by atoms with Gasteiger partial charge in [0, 0.05) is 30.1 Å². The Morgan fingerprint density at radius 2 is 2.00 bits per heavy atom. The van der Waals surface area contributed by atoms with Crippen molar-refractivity contribution in [3.05, 3.63) is 34.3 Å². The first-order chi connectivity index (χ1) is 9.96. The van der Waals surface area contributed by atoms with E-state index >= 15 is 0 Å². The lowest BCUT2D eigenvalue weighted by atomic mass is 10.1. The van der Waals surface area contributed by atoms with Gasteiger partial charge in [-0.1, -0.05) is 34.1 Å². The van der Waals surface area contributed by atoms with Crippen LogP contribution in [0.3, 0.4) is 0 Å². The molecule has 2 nitrogen and oxygen atoms in total. The van der Waals surface area contributed by atoms with Crippen LogP contribution < -0.4 is 5.32 Å². The minimum Gasteiger partial charge on any atom is -0.372 e. The molecule has 1 saturated carbocycles. The number of rotatable bonds is 8. The molecule has 1 atom stereocenters. The molecule has 0 radical (unpaired) electrons. The summed E-state index contributed by atoms with van der Waals surface area (Å²) < 4.78 is 43.1. The number of hydrogen-bond acceptors (Lipinski definition) is 2. The molecule has 0 spiro atoms. The van der Waals surface area contributed by atoms with Gasteiger partial charge >= 0.3 is 6.18 Å². The van der Waals surface area contributed by atoms with Crippen LogP contribution in [-0.2, 0) is 4.74 Å². The van der Waals surface area contributed by atoms with Gasteiger partial charge in [0.15, 0.2) is 0 Å². The average molecular weight is 366 g/mol. The van der Waals surface area contributed by atoms with Gasteiger partial charge in [0.1, 0.15) is 0 Å². The van der Waals surface area contributed by atoms with Crippen molar-refractivity contribution in [2.24, 2.45) is 0 Å². The molecule has 118 valence electrons. The quantitative estimate of drug-likeness (QED) is 0.679. The van der Waals surface area contributed by atoms with Gasteiger partial charge in [-0.25, -0.2) is 0 Å². The Kier molecular flexibility index (Phi) is 6.08. The molecule has 1 N–H and O–H groups in total. The summed E-state index contributed by atoms with van der Waals surface area (Å²) >= 11 is 3.47. The molecule has 1 aromatic carbocycles. The minimum atomic E-state index is -4.11. The second-order valence-corrected chi connectivity index (χ2v) is 6.14. The van der Waals surface area contributed by atoms with Gasteiger partial charge in [-0.15, -0.1) is 0 Å². The molecule has 1 aliphatic carbocycles. The zero-order chi connectivity index (χ0) is 15.3. The molecule has 0 heterocycles. The normalized spacial score (nSPS) is 17.0. The lowest BCUT2D eigenvalue weighted by molar-refractivity contribution is -0.138. The highest BCUT2D eigenvalue weighted by atomic mass is 79.9. The van der Waals surface area contributed by atoms with Gasteiger partial charge in [0.05, 0.1) is 6.10 Å². The zero-order valence-electron chi connectivity index (χ0n) is 11.6. The predicted octanol–water partition coefficient (Wildman–Crippen LogP) is 4.60. The van der Waals surface area contributed by atoms with Gasteiger partial charge in [-0.3, -0.25) is 0 Å². The Labute approximate surface area is 131 Å². The van der Waals surface area contributed by atoms with Crippen LogP contribution in [0.25, 0.3) is 0 Å².